The third kappa shape index (κ3) is 7.38. The molecule has 0 saturated heterocycles. The third-order valence-corrected chi connectivity index (χ3v) is 6.44. The van der Waals surface area contributed by atoms with Crippen molar-refractivity contribution in [1.29, 1.82) is 0 Å². The highest BCUT2D eigenvalue weighted by molar-refractivity contribution is 6.53. The first kappa shape index (κ1) is 20.3. The van der Waals surface area contributed by atoms with Crippen molar-refractivity contribution < 1.29 is 22.3 Å². The van der Waals surface area contributed by atoms with Gasteiger partial charge in [-0.25, -0.2) is 4.39 Å². The van der Waals surface area contributed by atoms with E-state index in [-0.39, 0.29) is 0 Å². The van der Waals surface area contributed by atoms with Crippen LogP contribution in [0.4, 0.5) is 17.6 Å². The zero-order valence-corrected chi connectivity index (χ0v) is 15.7. The van der Waals surface area contributed by atoms with E-state index in [0.29, 0.717) is 15.4 Å². The molecule has 1 saturated carbocycles. The van der Waals surface area contributed by atoms with Crippen LogP contribution in [0.5, 0.6) is 5.75 Å². The van der Waals surface area contributed by atoms with Gasteiger partial charge in [-0.1, -0.05) is 75.6 Å². The molecule has 0 aliphatic heterocycles. The molecule has 1 aliphatic carbocycles. The number of hydrogen-bond donors (Lipinski definition) is 0. The molecule has 1 aromatic rings. The highest BCUT2D eigenvalue weighted by Gasteiger charge is 2.32. The SMILES string of the molecule is CCCCCC1CCC(C[Si]c2ccc(OC(F)(F)F)c(F)c2)CC1. The van der Waals surface area contributed by atoms with E-state index in [0.717, 1.165) is 23.2 Å². The topological polar surface area (TPSA) is 9.23 Å². The van der Waals surface area contributed by atoms with Gasteiger partial charge in [-0.05, 0) is 24.0 Å². The zero-order chi connectivity index (χ0) is 18.3. The molecule has 6 heteroatoms. The van der Waals surface area contributed by atoms with E-state index in [4.69, 9.17) is 0 Å². The number of alkyl halides is 3. The lowest BCUT2D eigenvalue weighted by atomic mass is 9.80. The van der Waals surface area contributed by atoms with Crippen LogP contribution in [0.25, 0.3) is 0 Å². The molecule has 2 rings (SSSR count). The maximum atomic E-state index is 13.7. The van der Waals surface area contributed by atoms with Crippen LogP contribution in [0.1, 0.15) is 58.3 Å². The fourth-order valence-electron chi connectivity index (χ4n) is 3.49. The summed E-state index contributed by atoms with van der Waals surface area (Å²) in [6.07, 6.45) is 5.41. The lowest BCUT2D eigenvalue weighted by Crippen LogP contribution is -2.22. The molecule has 140 valence electrons. The summed E-state index contributed by atoms with van der Waals surface area (Å²) in [5.41, 5.74) is 0. The van der Waals surface area contributed by atoms with Gasteiger partial charge in [0.25, 0.3) is 0 Å². The first-order valence-electron chi connectivity index (χ1n) is 9.16. The van der Waals surface area contributed by atoms with Crippen LogP contribution in [-0.2, 0) is 0 Å². The molecule has 0 unspecified atom stereocenters. The van der Waals surface area contributed by atoms with E-state index in [9.17, 15) is 17.6 Å². The minimum Gasteiger partial charge on any atom is -0.403 e. The van der Waals surface area contributed by atoms with E-state index in [1.165, 1.54) is 57.4 Å². The normalized spacial score (nSPS) is 21.3. The number of halogens is 4. The second kappa shape index (κ2) is 9.60. The third-order valence-electron chi connectivity index (χ3n) is 4.93. The Kier molecular flexibility index (Phi) is 7.78. The monoisotopic (exact) mass is 374 g/mol. The van der Waals surface area contributed by atoms with E-state index >= 15 is 0 Å². The number of benzene rings is 1. The maximum Gasteiger partial charge on any atom is 0.573 e. The highest BCUT2D eigenvalue weighted by Crippen LogP contribution is 2.33. The molecule has 0 N–H and O–H groups in total. The molecule has 2 radical (unpaired) electrons. The van der Waals surface area contributed by atoms with Gasteiger partial charge < -0.3 is 4.74 Å². The van der Waals surface area contributed by atoms with Crippen LogP contribution >= 0.6 is 0 Å². The van der Waals surface area contributed by atoms with Crippen molar-refractivity contribution in [3.63, 3.8) is 0 Å². The van der Waals surface area contributed by atoms with Crippen LogP contribution in [0, 0.1) is 17.7 Å². The molecule has 1 fully saturated rings. The predicted molar refractivity (Wildman–Crippen MR) is 92.9 cm³/mol. The molecule has 0 aromatic heterocycles. The average molecular weight is 374 g/mol. The zero-order valence-electron chi connectivity index (χ0n) is 14.7. The van der Waals surface area contributed by atoms with Gasteiger partial charge in [0.05, 0.1) is 9.52 Å². The van der Waals surface area contributed by atoms with Crippen molar-refractivity contribution in [2.75, 3.05) is 0 Å². The van der Waals surface area contributed by atoms with Gasteiger partial charge >= 0.3 is 6.36 Å². The predicted octanol–water partition coefficient (Wildman–Crippen LogP) is 5.86. The van der Waals surface area contributed by atoms with E-state index < -0.39 is 17.9 Å². The summed E-state index contributed by atoms with van der Waals surface area (Å²) in [5, 5.41) is 0.761. The summed E-state index contributed by atoms with van der Waals surface area (Å²) in [7, 11) is 0.432. The van der Waals surface area contributed by atoms with Gasteiger partial charge in [0, 0.05) is 0 Å². The summed E-state index contributed by atoms with van der Waals surface area (Å²) >= 11 is 0. The largest absolute Gasteiger partial charge is 0.573 e. The van der Waals surface area contributed by atoms with E-state index in [1.54, 1.807) is 6.07 Å². The molecule has 1 nitrogen and oxygen atoms in total. The Morgan fingerprint density at radius 1 is 1.08 bits per heavy atom. The van der Waals surface area contributed by atoms with Crippen LogP contribution in [-0.4, -0.2) is 15.9 Å². The molecule has 0 spiro atoms. The first-order valence-corrected chi connectivity index (χ1v) is 10.4. The molecule has 0 bridgehead atoms. The van der Waals surface area contributed by atoms with E-state index in [1.807, 2.05) is 0 Å². The maximum absolute atomic E-state index is 13.7. The number of unbranched alkanes of at least 4 members (excludes halogenated alkanes) is 2. The van der Waals surface area contributed by atoms with Gasteiger partial charge in [0.15, 0.2) is 11.6 Å². The van der Waals surface area contributed by atoms with Gasteiger partial charge in [0.1, 0.15) is 0 Å². The Morgan fingerprint density at radius 3 is 2.36 bits per heavy atom. The Morgan fingerprint density at radius 2 is 1.76 bits per heavy atom. The first-order chi connectivity index (χ1) is 11.9. The number of hydrogen-bond acceptors (Lipinski definition) is 1. The smallest absolute Gasteiger partial charge is 0.403 e. The van der Waals surface area contributed by atoms with Crippen LogP contribution in [0.3, 0.4) is 0 Å². The van der Waals surface area contributed by atoms with Crippen molar-refractivity contribution in [2.45, 2.75) is 70.7 Å². The number of rotatable bonds is 8. The molecule has 1 aliphatic rings. The van der Waals surface area contributed by atoms with Crippen LogP contribution in [0.15, 0.2) is 18.2 Å². The van der Waals surface area contributed by atoms with Crippen LogP contribution < -0.4 is 9.92 Å². The van der Waals surface area contributed by atoms with Gasteiger partial charge in [-0.15, -0.1) is 13.2 Å². The second-order valence-corrected chi connectivity index (χ2v) is 8.30. The molecule has 0 amide bonds. The summed E-state index contributed by atoms with van der Waals surface area (Å²) in [5.74, 6) is -0.173. The fraction of sp³-hybridized carbons (Fsp3) is 0.684. The Balaban J connectivity index is 1.74. The standard InChI is InChI=1S/C19H26F4OSi/c1-2-3-4-5-14-6-8-15(9-7-14)13-25-16-10-11-18(17(20)12-16)24-19(21,22)23/h10-12,14-15H,2-9,13H2,1H3. The minimum absolute atomic E-state index is 0.432. The molecule has 1 aromatic carbocycles. The summed E-state index contributed by atoms with van der Waals surface area (Å²) < 4.78 is 53.9. The molecule has 25 heavy (non-hydrogen) atoms. The fourth-order valence-corrected chi connectivity index (χ4v) is 4.85. The molecular weight excluding hydrogens is 348 g/mol. The lowest BCUT2D eigenvalue weighted by molar-refractivity contribution is -0.275. The van der Waals surface area contributed by atoms with Crippen molar-refractivity contribution in [3.8, 4) is 5.75 Å². The van der Waals surface area contributed by atoms with Crippen molar-refractivity contribution >= 4 is 14.7 Å². The Bertz CT molecular complexity index is 525. The average Bonchev–Trinajstić information content (AvgIpc) is 2.55. The highest BCUT2D eigenvalue weighted by atomic mass is 28.2. The minimum atomic E-state index is -4.86. The van der Waals surface area contributed by atoms with Crippen LogP contribution in [0.2, 0.25) is 6.04 Å². The van der Waals surface area contributed by atoms with Gasteiger partial charge in [-0.3, -0.25) is 0 Å². The second-order valence-electron chi connectivity index (χ2n) is 6.96. The summed E-state index contributed by atoms with van der Waals surface area (Å²) in [6, 6.07) is 4.80. The van der Waals surface area contributed by atoms with Gasteiger partial charge in [0.2, 0.25) is 0 Å². The van der Waals surface area contributed by atoms with Crippen molar-refractivity contribution in [3.05, 3.63) is 24.0 Å². The van der Waals surface area contributed by atoms with E-state index in [2.05, 4.69) is 11.7 Å². The molecule has 0 heterocycles. The molecular formula is C19H26F4OSi. The molecule has 0 atom stereocenters. The van der Waals surface area contributed by atoms with Crippen molar-refractivity contribution in [1.82, 2.24) is 0 Å². The number of ether oxygens (including phenoxy) is 1. The quantitative estimate of drug-likeness (QED) is 0.315. The summed E-state index contributed by atoms with van der Waals surface area (Å²) in [4.78, 5) is 0. The lowest BCUT2D eigenvalue weighted by Gasteiger charge is -2.28. The Hall–Kier alpha value is -1.04. The summed E-state index contributed by atoms with van der Waals surface area (Å²) in [6.45, 7) is 2.22. The van der Waals surface area contributed by atoms with Crippen molar-refractivity contribution in [2.24, 2.45) is 11.8 Å². The van der Waals surface area contributed by atoms with Gasteiger partial charge in [-0.2, -0.15) is 0 Å². The Labute approximate surface area is 150 Å².